The third kappa shape index (κ3) is 5.61. The number of nitrogens with zero attached hydrogens (tertiary/aromatic N) is 1. The first kappa shape index (κ1) is 19.7. The first-order valence-corrected chi connectivity index (χ1v) is 6.59. The molecule has 0 spiro atoms. The summed E-state index contributed by atoms with van der Waals surface area (Å²) >= 11 is 0. The van der Waals surface area contributed by atoms with E-state index >= 15 is 0 Å². The number of anilines is 2. The second kappa shape index (κ2) is 9.62. The van der Waals surface area contributed by atoms with Gasteiger partial charge in [0, 0.05) is 5.92 Å². The van der Waals surface area contributed by atoms with Gasteiger partial charge in [-0.2, -0.15) is 5.10 Å². The van der Waals surface area contributed by atoms with Crippen molar-refractivity contribution in [2.45, 2.75) is 20.8 Å². The van der Waals surface area contributed by atoms with E-state index in [0.29, 0.717) is 16.9 Å². The number of halogens is 1. The van der Waals surface area contributed by atoms with E-state index in [1.807, 2.05) is 0 Å². The molecule has 0 radical (unpaired) electrons. The van der Waals surface area contributed by atoms with Gasteiger partial charge in [0.1, 0.15) is 6.34 Å². The number of hydrazone groups is 1. The molecule has 0 aromatic heterocycles. The fourth-order valence-corrected chi connectivity index (χ4v) is 1.50. The highest BCUT2D eigenvalue weighted by Crippen LogP contribution is 2.24. The number of rotatable bonds is 6. The molecule has 0 aliphatic heterocycles. The number of nitrogens with one attached hydrogen (secondary N) is 2. The minimum atomic E-state index is -0.438. The van der Waals surface area contributed by atoms with Crippen LogP contribution in [0.5, 0.6) is 0 Å². The Labute approximate surface area is 135 Å². The van der Waals surface area contributed by atoms with Crippen molar-refractivity contribution in [2.75, 3.05) is 17.2 Å². The summed E-state index contributed by atoms with van der Waals surface area (Å²) in [5.74, 6) is 4.32. The Bertz CT molecular complexity index is 547. The van der Waals surface area contributed by atoms with E-state index < -0.39 is 5.97 Å². The van der Waals surface area contributed by atoms with Crippen molar-refractivity contribution in [2.24, 2.45) is 16.9 Å². The van der Waals surface area contributed by atoms with Crippen LogP contribution in [0.15, 0.2) is 23.3 Å². The average molecular weight is 329 g/mol. The number of hydrogen-bond donors (Lipinski definition) is 3. The van der Waals surface area contributed by atoms with Gasteiger partial charge in [-0.05, 0) is 25.1 Å². The Hall–Kier alpha value is -2.28. The predicted molar refractivity (Wildman–Crippen MR) is 89.4 cm³/mol. The molecule has 0 fully saturated rings. The van der Waals surface area contributed by atoms with Crippen LogP contribution in [0, 0.1) is 5.92 Å². The third-order valence-electron chi connectivity index (χ3n) is 2.61. The minimum Gasteiger partial charge on any atom is -0.462 e. The van der Waals surface area contributed by atoms with Gasteiger partial charge in [-0.1, -0.05) is 13.8 Å². The highest BCUT2D eigenvalue weighted by molar-refractivity contribution is 5.99. The molecule has 1 rings (SSSR count). The summed E-state index contributed by atoms with van der Waals surface area (Å²) in [7, 11) is 0. The van der Waals surface area contributed by atoms with Gasteiger partial charge < -0.3 is 21.2 Å². The Morgan fingerprint density at radius 3 is 2.59 bits per heavy atom. The molecule has 22 heavy (non-hydrogen) atoms. The molecule has 122 valence electrons. The molecule has 1 amide bonds. The zero-order valence-electron chi connectivity index (χ0n) is 12.8. The number of nitrogens with two attached hydrogens (primary N) is 1. The lowest BCUT2D eigenvalue weighted by molar-refractivity contribution is -0.118. The van der Waals surface area contributed by atoms with Crippen LogP contribution >= 0.6 is 12.4 Å². The molecule has 1 aromatic rings. The lowest BCUT2D eigenvalue weighted by Crippen LogP contribution is -2.19. The van der Waals surface area contributed by atoms with Gasteiger partial charge in [0.2, 0.25) is 5.91 Å². The second-order valence-electron chi connectivity index (χ2n) is 4.55. The molecule has 0 atom stereocenters. The maximum absolute atomic E-state index is 11.8. The molecule has 8 heteroatoms. The molecule has 1 aromatic carbocycles. The van der Waals surface area contributed by atoms with Gasteiger partial charge in [-0.15, -0.1) is 12.4 Å². The van der Waals surface area contributed by atoms with E-state index in [2.05, 4.69) is 15.7 Å². The van der Waals surface area contributed by atoms with Crippen LogP contribution < -0.4 is 16.5 Å². The number of amides is 1. The fourth-order valence-electron chi connectivity index (χ4n) is 1.50. The largest absolute Gasteiger partial charge is 0.462 e. The zero-order chi connectivity index (χ0) is 15.8. The summed E-state index contributed by atoms with van der Waals surface area (Å²) in [6.45, 7) is 5.60. The van der Waals surface area contributed by atoms with Gasteiger partial charge in [-0.3, -0.25) is 4.79 Å². The van der Waals surface area contributed by atoms with Crippen LogP contribution in [0.25, 0.3) is 0 Å². The van der Waals surface area contributed by atoms with Crippen LogP contribution in [0.4, 0.5) is 11.4 Å². The van der Waals surface area contributed by atoms with Crippen LogP contribution in [-0.2, 0) is 9.53 Å². The monoisotopic (exact) mass is 328 g/mol. The van der Waals surface area contributed by atoms with Crippen molar-refractivity contribution in [1.82, 2.24) is 0 Å². The van der Waals surface area contributed by atoms with Crippen LogP contribution in [-0.4, -0.2) is 24.8 Å². The SMILES string of the molecule is CCOC(=O)c1ccc(NC(=O)C(C)C)c(NC=NN)c1.Cl. The number of benzene rings is 1. The molecule has 0 unspecified atom stereocenters. The quantitative estimate of drug-likeness (QED) is 0.244. The van der Waals surface area contributed by atoms with Crippen LogP contribution in [0.2, 0.25) is 0 Å². The van der Waals surface area contributed by atoms with Gasteiger partial charge in [0.25, 0.3) is 0 Å². The van der Waals surface area contributed by atoms with E-state index in [0.717, 1.165) is 0 Å². The summed E-state index contributed by atoms with van der Waals surface area (Å²) in [4.78, 5) is 23.5. The van der Waals surface area contributed by atoms with Gasteiger partial charge in [0.05, 0.1) is 23.5 Å². The Kier molecular flexibility index (Phi) is 8.62. The smallest absolute Gasteiger partial charge is 0.338 e. The molecular weight excluding hydrogens is 308 g/mol. The predicted octanol–water partition coefficient (Wildman–Crippen LogP) is 2.19. The average Bonchev–Trinajstić information content (AvgIpc) is 2.46. The summed E-state index contributed by atoms with van der Waals surface area (Å²) in [5.41, 5.74) is 1.40. The lowest BCUT2D eigenvalue weighted by Gasteiger charge is -2.13. The number of carbonyl (C=O) groups is 2. The standard InChI is InChI=1S/C14H20N4O3.ClH/c1-4-21-14(20)10-5-6-11(18-13(19)9(2)3)12(7-10)16-8-17-15;/h5-9H,4,15H2,1-3H3,(H,16,17)(H,18,19);1H. The third-order valence-corrected chi connectivity index (χ3v) is 2.61. The molecule has 0 saturated carbocycles. The first-order chi connectivity index (χ1) is 9.99. The molecule has 0 aliphatic rings. The number of ether oxygens (including phenoxy) is 1. The molecule has 7 nitrogen and oxygen atoms in total. The van der Waals surface area contributed by atoms with Crippen molar-refractivity contribution in [3.05, 3.63) is 23.8 Å². The van der Waals surface area contributed by atoms with Crippen molar-refractivity contribution in [3.8, 4) is 0 Å². The van der Waals surface area contributed by atoms with Gasteiger partial charge in [0.15, 0.2) is 0 Å². The Morgan fingerprint density at radius 1 is 1.36 bits per heavy atom. The van der Waals surface area contributed by atoms with Gasteiger partial charge in [-0.25, -0.2) is 4.79 Å². The van der Waals surface area contributed by atoms with E-state index in [1.165, 1.54) is 6.34 Å². The highest BCUT2D eigenvalue weighted by atomic mass is 35.5. The summed E-state index contributed by atoms with van der Waals surface area (Å²) in [6, 6.07) is 4.77. The maximum atomic E-state index is 11.8. The molecule has 0 bridgehead atoms. The van der Waals surface area contributed by atoms with E-state index in [1.54, 1.807) is 39.0 Å². The molecule has 0 heterocycles. The lowest BCUT2D eigenvalue weighted by atomic mass is 10.1. The molecule has 0 aliphatic carbocycles. The summed E-state index contributed by atoms with van der Waals surface area (Å²) in [6.07, 6.45) is 1.26. The summed E-state index contributed by atoms with van der Waals surface area (Å²) < 4.78 is 4.93. The topological polar surface area (TPSA) is 106 Å². The fraction of sp³-hybridized carbons (Fsp3) is 0.357. The molecular formula is C14H21ClN4O3. The Balaban J connectivity index is 0.00000441. The van der Waals surface area contributed by atoms with E-state index in [9.17, 15) is 9.59 Å². The molecule has 4 N–H and O–H groups in total. The van der Waals surface area contributed by atoms with E-state index in [-0.39, 0.29) is 30.8 Å². The van der Waals surface area contributed by atoms with Crippen LogP contribution in [0.3, 0.4) is 0 Å². The minimum absolute atomic E-state index is 0. The van der Waals surface area contributed by atoms with Gasteiger partial charge >= 0.3 is 5.97 Å². The van der Waals surface area contributed by atoms with E-state index in [4.69, 9.17) is 10.6 Å². The maximum Gasteiger partial charge on any atom is 0.338 e. The van der Waals surface area contributed by atoms with Crippen LogP contribution in [0.1, 0.15) is 31.1 Å². The Morgan fingerprint density at radius 2 is 2.05 bits per heavy atom. The van der Waals surface area contributed by atoms with Crippen molar-refractivity contribution in [1.29, 1.82) is 0 Å². The number of esters is 1. The van der Waals surface area contributed by atoms with Crippen molar-refractivity contribution in [3.63, 3.8) is 0 Å². The second-order valence-corrected chi connectivity index (χ2v) is 4.55. The summed E-state index contributed by atoms with van der Waals surface area (Å²) in [5, 5.41) is 8.90. The first-order valence-electron chi connectivity index (χ1n) is 6.59. The molecule has 0 saturated heterocycles. The van der Waals surface area contributed by atoms with Crippen molar-refractivity contribution >= 4 is 42.0 Å². The highest BCUT2D eigenvalue weighted by Gasteiger charge is 2.13. The normalized spacial score (nSPS) is 10.2. The number of carbonyl (C=O) groups excluding carboxylic acids is 2. The zero-order valence-corrected chi connectivity index (χ0v) is 13.6. The number of hydrogen-bond acceptors (Lipinski definition) is 5. The van der Waals surface area contributed by atoms with Crippen molar-refractivity contribution < 1.29 is 14.3 Å².